The monoisotopic (exact) mass is 375 g/mol. The highest BCUT2D eigenvalue weighted by atomic mass is 32.2. The van der Waals surface area contributed by atoms with Crippen molar-refractivity contribution >= 4 is 27.4 Å². The van der Waals surface area contributed by atoms with Crippen LogP contribution in [-0.2, 0) is 25.8 Å². The van der Waals surface area contributed by atoms with Crippen LogP contribution in [0.1, 0.15) is 28.4 Å². The predicted molar refractivity (Wildman–Crippen MR) is 99.0 cm³/mol. The van der Waals surface area contributed by atoms with E-state index < -0.39 is 28.3 Å². The standard InChI is InChI=1S/C19H21NO5S/c1-4-14-6-8-15(9-7-14)20-18(21)12-25-19(22)17-11-16(26(3,23)24)10-5-13(17)2/h5-11H,4,12H2,1-3H3,(H,20,21). The van der Waals surface area contributed by atoms with Crippen LogP contribution in [0.25, 0.3) is 0 Å². The Morgan fingerprint density at radius 3 is 2.31 bits per heavy atom. The van der Waals surface area contributed by atoms with Crippen LogP contribution in [0.4, 0.5) is 5.69 Å². The second kappa shape index (κ2) is 8.14. The molecule has 0 unspecified atom stereocenters. The van der Waals surface area contributed by atoms with Gasteiger partial charge in [-0.25, -0.2) is 13.2 Å². The normalized spacial score (nSPS) is 11.0. The third-order valence-electron chi connectivity index (χ3n) is 3.84. The Kier molecular flexibility index (Phi) is 6.15. The minimum absolute atomic E-state index is 0.0236. The molecule has 0 spiro atoms. The molecular formula is C19H21NO5S. The summed E-state index contributed by atoms with van der Waals surface area (Å²) in [6.45, 7) is 3.24. The summed E-state index contributed by atoms with van der Waals surface area (Å²) in [5.41, 5.74) is 2.44. The number of anilines is 1. The summed E-state index contributed by atoms with van der Waals surface area (Å²) in [7, 11) is -3.44. The summed E-state index contributed by atoms with van der Waals surface area (Å²) in [6.07, 6.45) is 1.96. The van der Waals surface area contributed by atoms with E-state index in [4.69, 9.17) is 4.74 Å². The van der Waals surface area contributed by atoms with Gasteiger partial charge in [-0.3, -0.25) is 4.79 Å². The van der Waals surface area contributed by atoms with E-state index in [1.54, 1.807) is 19.1 Å². The van der Waals surface area contributed by atoms with E-state index in [2.05, 4.69) is 5.32 Å². The average molecular weight is 375 g/mol. The van der Waals surface area contributed by atoms with Gasteiger partial charge < -0.3 is 10.1 Å². The highest BCUT2D eigenvalue weighted by Crippen LogP contribution is 2.17. The fourth-order valence-electron chi connectivity index (χ4n) is 2.28. The molecular weight excluding hydrogens is 354 g/mol. The van der Waals surface area contributed by atoms with Crippen molar-refractivity contribution in [3.8, 4) is 0 Å². The molecule has 0 radical (unpaired) electrons. The van der Waals surface area contributed by atoms with E-state index in [1.165, 1.54) is 18.2 Å². The number of carbonyl (C=O) groups excluding carboxylic acids is 2. The van der Waals surface area contributed by atoms with E-state index in [0.29, 0.717) is 11.3 Å². The summed E-state index contributed by atoms with van der Waals surface area (Å²) in [5, 5.41) is 2.64. The lowest BCUT2D eigenvalue weighted by Gasteiger charge is -2.09. The van der Waals surface area contributed by atoms with Gasteiger partial charge in [-0.15, -0.1) is 0 Å². The van der Waals surface area contributed by atoms with Crippen LogP contribution in [0.3, 0.4) is 0 Å². The van der Waals surface area contributed by atoms with E-state index in [-0.39, 0.29) is 10.5 Å². The topological polar surface area (TPSA) is 89.5 Å². The largest absolute Gasteiger partial charge is 0.452 e. The first-order valence-electron chi connectivity index (χ1n) is 8.07. The number of aryl methyl sites for hydroxylation is 2. The van der Waals surface area contributed by atoms with E-state index in [9.17, 15) is 18.0 Å². The van der Waals surface area contributed by atoms with Gasteiger partial charge >= 0.3 is 5.97 Å². The summed E-state index contributed by atoms with van der Waals surface area (Å²) in [6, 6.07) is 11.6. The van der Waals surface area contributed by atoms with Crippen LogP contribution in [0.5, 0.6) is 0 Å². The molecule has 0 aliphatic carbocycles. The van der Waals surface area contributed by atoms with Crippen LogP contribution in [0.15, 0.2) is 47.4 Å². The predicted octanol–water partition coefficient (Wildman–Crippen LogP) is 2.76. The van der Waals surface area contributed by atoms with Crippen LogP contribution in [0.2, 0.25) is 0 Å². The number of carbonyl (C=O) groups is 2. The number of ether oxygens (including phenoxy) is 1. The van der Waals surface area contributed by atoms with Gasteiger partial charge in [-0.05, 0) is 48.7 Å². The van der Waals surface area contributed by atoms with Crippen molar-refractivity contribution in [3.05, 3.63) is 59.2 Å². The van der Waals surface area contributed by atoms with Crippen molar-refractivity contribution < 1.29 is 22.7 Å². The third kappa shape index (κ3) is 5.16. The SMILES string of the molecule is CCc1ccc(NC(=O)COC(=O)c2cc(S(C)(=O)=O)ccc2C)cc1. The van der Waals surface area contributed by atoms with E-state index >= 15 is 0 Å². The lowest BCUT2D eigenvalue weighted by molar-refractivity contribution is -0.119. The highest BCUT2D eigenvalue weighted by molar-refractivity contribution is 7.90. The summed E-state index contributed by atoms with van der Waals surface area (Å²) >= 11 is 0. The Morgan fingerprint density at radius 2 is 1.73 bits per heavy atom. The number of benzene rings is 2. The Hall–Kier alpha value is -2.67. The minimum atomic E-state index is -3.44. The van der Waals surface area contributed by atoms with Gasteiger partial charge in [0.2, 0.25) is 0 Å². The molecule has 0 saturated carbocycles. The molecule has 0 bridgehead atoms. The zero-order valence-electron chi connectivity index (χ0n) is 14.9. The number of sulfone groups is 1. The van der Waals surface area contributed by atoms with E-state index in [1.807, 2.05) is 19.1 Å². The number of hydrogen-bond donors (Lipinski definition) is 1. The third-order valence-corrected chi connectivity index (χ3v) is 4.95. The molecule has 7 heteroatoms. The summed E-state index contributed by atoms with van der Waals surface area (Å²) < 4.78 is 28.2. The number of nitrogens with one attached hydrogen (secondary N) is 1. The second-order valence-corrected chi connectivity index (χ2v) is 7.94. The maximum Gasteiger partial charge on any atom is 0.338 e. The Labute approximate surface area is 153 Å². The molecule has 138 valence electrons. The molecule has 0 saturated heterocycles. The molecule has 2 rings (SSSR count). The van der Waals surface area contributed by atoms with Gasteiger partial charge in [-0.2, -0.15) is 0 Å². The van der Waals surface area contributed by atoms with Crippen molar-refractivity contribution in [2.45, 2.75) is 25.2 Å². The zero-order chi connectivity index (χ0) is 19.3. The molecule has 0 fully saturated rings. The second-order valence-electron chi connectivity index (χ2n) is 5.92. The molecule has 0 aliphatic rings. The fourth-order valence-corrected chi connectivity index (χ4v) is 2.93. The number of rotatable bonds is 6. The molecule has 2 aromatic rings. The van der Waals surface area contributed by atoms with Gasteiger partial charge in [0.25, 0.3) is 5.91 Å². The highest BCUT2D eigenvalue weighted by Gasteiger charge is 2.16. The Bertz CT molecular complexity index is 917. The lowest BCUT2D eigenvalue weighted by Crippen LogP contribution is -2.21. The van der Waals surface area contributed by atoms with Crippen molar-refractivity contribution in [1.82, 2.24) is 0 Å². The fraction of sp³-hybridized carbons (Fsp3) is 0.263. The van der Waals surface area contributed by atoms with Gasteiger partial charge in [-0.1, -0.05) is 25.1 Å². The summed E-state index contributed by atoms with van der Waals surface area (Å²) in [5.74, 6) is -1.22. The van der Waals surface area contributed by atoms with Crippen molar-refractivity contribution in [2.24, 2.45) is 0 Å². The van der Waals surface area contributed by atoms with E-state index in [0.717, 1.165) is 18.2 Å². The van der Waals surface area contributed by atoms with Crippen LogP contribution >= 0.6 is 0 Å². The number of esters is 1. The Morgan fingerprint density at radius 1 is 1.08 bits per heavy atom. The van der Waals surface area contributed by atoms with Crippen molar-refractivity contribution in [3.63, 3.8) is 0 Å². The summed E-state index contributed by atoms with van der Waals surface area (Å²) in [4.78, 5) is 24.1. The first kappa shape index (κ1) is 19.7. The number of amides is 1. The maximum atomic E-state index is 12.2. The van der Waals surface area contributed by atoms with Gasteiger partial charge in [0.15, 0.2) is 16.4 Å². The average Bonchev–Trinajstić information content (AvgIpc) is 2.59. The first-order valence-corrected chi connectivity index (χ1v) is 9.96. The van der Waals surface area contributed by atoms with Gasteiger partial charge in [0, 0.05) is 11.9 Å². The smallest absolute Gasteiger partial charge is 0.338 e. The molecule has 26 heavy (non-hydrogen) atoms. The number of hydrogen-bond acceptors (Lipinski definition) is 5. The first-order chi connectivity index (χ1) is 12.2. The van der Waals surface area contributed by atoms with Crippen molar-refractivity contribution in [1.29, 1.82) is 0 Å². The molecule has 0 aromatic heterocycles. The van der Waals surface area contributed by atoms with Gasteiger partial charge in [0.05, 0.1) is 10.5 Å². The van der Waals surface area contributed by atoms with Crippen LogP contribution in [-0.4, -0.2) is 33.2 Å². The molecule has 1 amide bonds. The lowest BCUT2D eigenvalue weighted by atomic mass is 10.1. The maximum absolute atomic E-state index is 12.2. The zero-order valence-corrected chi connectivity index (χ0v) is 15.7. The molecule has 0 aliphatic heterocycles. The Balaban J connectivity index is 2.00. The molecule has 6 nitrogen and oxygen atoms in total. The van der Waals surface area contributed by atoms with Crippen LogP contribution in [0, 0.1) is 6.92 Å². The molecule has 0 heterocycles. The molecule has 1 N–H and O–H groups in total. The van der Waals surface area contributed by atoms with Gasteiger partial charge in [0.1, 0.15) is 0 Å². The quantitative estimate of drug-likeness (QED) is 0.784. The van der Waals surface area contributed by atoms with Crippen LogP contribution < -0.4 is 5.32 Å². The minimum Gasteiger partial charge on any atom is -0.452 e. The molecule has 0 atom stereocenters. The molecule has 2 aromatic carbocycles. The van der Waals surface area contributed by atoms with Crippen molar-refractivity contribution in [2.75, 3.05) is 18.2 Å².